The molecule has 0 radical (unpaired) electrons. The van der Waals surface area contributed by atoms with Gasteiger partial charge in [-0.1, -0.05) is 29.8 Å². The standard InChI is InChI=1S/C15H10ClNO2/c16-11-3-1-9(2-4-11)10-7-13-12(15(18)19)5-6-14(13)17-8-10/h1-5,7-8H,6H2,(H,18,19). The second-order valence-corrected chi connectivity index (χ2v) is 4.79. The fourth-order valence-electron chi connectivity index (χ4n) is 2.20. The van der Waals surface area contributed by atoms with Crippen molar-refractivity contribution in [3.63, 3.8) is 0 Å². The Morgan fingerprint density at radius 2 is 1.95 bits per heavy atom. The lowest BCUT2D eigenvalue weighted by Gasteiger charge is -2.06. The van der Waals surface area contributed by atoms with E-state index in [9.17, 15) is 4.79 Å². The molecule has 3 nitrogen and oxygen atoms in total. The third-order valence-electron chi connectivity index (χ3n) is 3.17. The van der Waals surface area contributed by atoms with Crippen molar-refractivity contribution in [1.29, 1.82) is 0 Å². The van der Waals surface area contributed by atoms with Crippen LogP contribution in [0.4, 0.5) is 0 Å². The number of benzene rings is 1. The van der Waals surface area contributed by atoms with Gasteiger partial charge in [-0.2, -0.15) is 0 Å². The normalized spacial score (nSPS) is 13.0. The molecule has 94 valence electrons. The van der Waals surface area contributed by atoms with Crippen molar-refractivity contribution in [2.45, 2.75) is 6.42 Å². The number of carboxylic acid groups (broad SMARTS) is 1. The molecule has 1 N–H and O–H groups in total. The van der Waals surface area contributed by atoms with Crippen LogP contribution in [0.15, 0.2) is 42.6 Å². The monoisotopic (exact) mass is 271 g/mol. The molecule has 0 atom stereocenters. The predicted molar refractivity (Wildman–Crippen MR) is 74.0 cm³/mol. The Morgan fingerprint density at radius 3 is 2.63 bits per heavy atom. The van der Waals surface area contributed by atoms with Gasteiger partial charge in [0.15, 0.2) is 0 Å². The van der Waals surface area contributed by atoms with Crippen molar-refractivity contribution in [2.75, 3.05) is 0 Å². The minimum atomic E-state index is -0.909. The summed E-state index contributed by atoms with van der Waals surface area (Å²) >= 11 is 5.86. The number of allylic oxidation sites excluding steroid dienone is 1. The topological polar surface area (TPSA) is 50.2 Å². The third kappa shape index (κ3) is 2.13. The van der Waals surface area contributed by atoms with E-state index < -0.39 is 5.97 Å². The zero-order chi connectivity index (χ0) is 13.4. The number of hydrogen-bond donors (Lipinski definition) is 1. The molecule has 0 unspecified atom stereocenters. The van der Waals surface area contributed by atoms with Gasteiger partial charge in [-0.25, -0.2) is 4.79 Å². The molecule has 0 aliphatic heterocycles. The molecule has 3 rings (SSSR count). The zero-order valence-corrected chi connectivity index (χ0v) is 10.7. The Hall–Kier alpha value is -2.13. The molecule has 1 aliphatic carbocycles. The number of aliphatic carboxylic acids is 1. The van der Waals surface area contributed by atoms with Gasteiger partial charge in [0.1, 0.15) is 0 Å². The number of carboxylic acids is 1. The largest absolute Gasteiger partial charge is 0.478 e. The minimum absolute atomic E-state index is 0.332. The van der Waals surface area contributed by atoms with Crippen LogP contribution in [0.3, 0.4) is 0 Å². The molecule has 0 bridgehead atoms. The molecular formula is C15H10ClNO2. The smallest absolute Gasteiger partial charge is 0.336 e. The number of hydrogen-bond acceptors (Lipinski definition) is 2. The number of halogens is 1. The van der Waals surface area contributed by atoms with Crippen LogP contribution in [-0.2, 0) is 11.2 Å². The number of pyridine rings is 1. The number of aromatic nitrogens is 1. The Kier molecular flexibility index (Phi) is 2.84. The summed E-state index contributed by atoms with van der Waals surface area (Å²) < 4.78 is 0. The van der Waals surface area contributed by atoms with Crippen LogP contribution in [0, 0.1) is 0 Å². The number of rotatable bonds is 2. The van der Waals surface area contributed by atoms with E-state index in [1.54, 1.807) is 24.4 Å². The third-order valence-corrected chi connectivity index (χ3v) is 3.42. The first-order chi connectivity index (χ1) is 9.15. The quantitative estimate of drug-likeness (QED) is 0.910. The molecule has 0 spiro atoms. The predicted octanol–water partition coefficient (Wildman–Crippen LogP) is 3.43. The van der Waals surface area contributed by atoms with E-state index in [4.69, 9.17) is 16.7 Å². The first kappa shape index (κ1) is 11.9. The van der Waals surface area contributed by atoms with Crippen LogP contribution in [0.2, 0.25) is 5.02 Å². The summed E-state index contributed by atoms with van der Waals surface area (Å²) in [6, 6.07) is 9.27. The number of carbonyl (C=O) groups is 1. The van der Waals surface area contributed by atoms with Gasteiger partial charge in [0.25, 0.3) is 0 Å². The molecule has 0 saturated heterocycles. The lowest BCUT2D eigenvalue weighted by molar-refractivity contribution is -0.130. The summed E-state index contributed by atoms with van der Waals surface area (Å²) in [7, 11) is 0. The van der Waals surface area contributed by atoms with Crippen molar-refractivity contribution in [3.8, 4) is 11.1 Å². The van der Waals surface area contributed by atoms with E-state index in [0.29, 0.717) is 22.6 Å². The summed E-state index contributed by atoms with van der Waals surface area (Å²) in [5.41, 5.74) is 3.72. The van der Waals surface area contributed by atoms with Crippen LogP contribution < -0.4 is 0 Å². The molecule has 0 fully saturated rings. The summed E-state index contributed by atoms with van der Waals surface area (Å²) in [5.74, 6) is -0.909. The van der Waals surface area contributed by atoms with Gasteiger partial charge in [-0.3, -0.25) is 4.98 Å². The molecule has 0 saturated carbocycles. The summed E-state index contributed by atoms with van der Waals surface area (Å²) in [5, 5.41) is 9.81. The maximum Gasteiger partial charge on any atom is 0.336 e. The Bertz CT molecular complexity index is 690. The fraction of sp³-hybridized carbons (Fsp3) is 0.0667. The van der Waals surface area contributed by atoms with E-state index in [-0.39, 0.29) is 0 Å². The van der Waals surface area contributed by atoms with E-state index in [0.717, 1.165) is 16.8 Å². The van der Waals surface area contributed by atoms with E-state index in [2.05, 4.69) is 4.98 Å². The van der Waals surface area contributed by atoms with Crippen LogP contribution in [0.25, 0.3) is 16.7 Å². The summed E-state index contributed by atoms with van der Waals surface area (Å²) in [6.45, 7) is 0. The molecule has 1 aromatic heterocycles. The number of fused-ring (bicyclic) bond motifs is 1. The molecule has 4 heteroatoms. The molecule has 1 aliphatic rings. The highest BCUT2D eigenvalue weighted by atomic mass is 35.5. The molecule has 1 aromatic carbocycles. The highest BCUT2D eigenvalue weighted by molar-refractivity contribution is 6.30. The van der Waals surface area contributed by atoms with Crippen molar-refractivity contribution >= 4 is 23.1 Å². The van der Waals surface area contributed by atoms with Crippen LogP contribution in [-0.4, -0.2) is 16.1 Å². The molecular weight excluding hydrogens is 262 g/mol. The van der Waals surface area contributed by atoms with Crippen LogP contribution in [0.5, 0.6) is 0 Å². The Labute approximate surface area is 115 Å². The SMILES string of the molecule is O=C(O)C1=CCc2ncc(-c3ccc(Cl)cc3)cc21. The van der Waals surface area contributed by atoms with E-state index >= 15 is 0 Å². The highest BCUT2D eigenvalue weighted by Crippen LogP contribution is 2.30. The van der Waals surface area contributed by atoms with Gasteiger partial charge < -0.3 is 5.11 Å². The molecule has 2 aromatic rings. The highest BCUT2D eigenvalue weighted by Gasteiger charge is 2.21. The Morgan fingerprint density at radius 1 is 1.21 bits per heavy atom. The summed E-state index contributed by atoms with van der Waals surface area (Å²) in [6.07, 6.45) is 4.05. The summed E-state index contributed by atoms with van der Waals surface area (Å²) in [4.78, 5) is 15.5. The van der Waals surface area contributed by atoms with Crippen molar-refractivity contribution in [2.24, 2.45) is 0 Å². The maximum atomic E-state index is 11.1. The molecule has 0 amide bonds. The lowest BCUT2D eigenvalue weighted by Crippen LogP contribution is -1.99. The van der Waals surface area contributed by atoms with Crippen molar-refractivity contribution in [1.82, 2.24) is 4.98 Å². The second-order valence-electron chi connectivity index (χ2n) is 4.35. The van der Waals surface area contributed by atoms with E-state index in [1.165, 1.54) is 0 Å². The van der Waals surface area contributed by atoms with Gasteiger partial charge in [0.05, 0.1) is 11.3 Å². The first-order valence-electron chi connectivity index (χ1n) is 5.84. The van der Waals surface area contributed by atoms with Crippen molar-refractivity contribution < 1.29 is 9.90 Å². The van der Waals surface area contributed by atoms with Gasteiger partial charge in [0, 0.05) is 28.8 Å². The van der Waals surface area contributed by atoms with Crippen LogP contribution in [0.1, 0.15) is 11.3 Å². The van der Waals surface area contributed by atoms with Gasteiger partial charge >= 0.3 is 5.97 Å². The Balaban J connectivity index is 2.07. The molecule has 1 heterocycles. The zero-order valence-electron chi connectivity index (χ0n) is 9.93. The fourth-order valence-corrected chi connectivity index (χ4v) is 2.33. The first-order valence-corrected chi connectivity index (χ1v) is 6.21. The molecule has 19 heavy (non-hydrogen) atoms. The average Bonchev–Trinajstić information content (AvgIpc) is 2.82. The lowest BCUT2D eigenvalue weighted by atomic mass is 10.0. The van der Waals surface area contributed by atoms with Crippen molar-refractivity contribution in [3.05, 3.63) is 58.9 Å². The van der Waals surface area contributed by atoms with Gasteiger partial charge in [0.2, 0.25) is 0 Å². The average molecular weight is 272 g/mol. The van der Waals surface area contributed by atoms with Gasteiger partial charge in [-0.15, -0.1) is 0 Å². The minimum Gasteiger partial charge on any atom is -0.478 e. The maximum absolute atomic E-state index is 11.1. The van der Waals surface area contributed by atoms with Gasteiger partial charge in [-0.05, 0) is 23.8 Å². The second kappa shape index (κ2) is 4.52. The van der Waals surface area contributed by atoms with E-state index in [1.807, 2.05) is 18.2 Å². The number of nitrogens with zero attached hydrogens (tertiary/aromatic N) is 1. The van der Waals surface area contributed by atoms with Crippen LogP contribution >= 0.6 is 11.6 Å².